The molecule has 0 aromatic carbocycles. The fourth-order valence-electron chi connectivity index (χ4n) is 3.04. The van der Waals surface area contributed by atoms with Gasteiger partial charge in [-0.3, -0.25) is 4.79 Å². The van der Waals surface area contributed by atoms with Crippen LogP contribution < -0.4 is 4.90 Å². The van der Waals surface area contributed by atoms with E-state index in [0.29, 0.717) is 18.1 Å². The first kappa shape index (κ1) is 23.4. The first-order chi connectivity index (χ1) is 12.8. The summed E-state index contributed by atoms with van der Waals surface area (Å²) in [6, 6.07) is 11.2. The van der Waals surface area contributed by atoms with E-state index in [1.54, 1.807) is 17.3 Å². The third-order valence-corrected chi connectivity index (χ3v) is 4.50. The SMILES string of the molecule is CCCCCCCCCCCC(=O)N(c1ccccn1)c1ccccn1.[Rh]. The zero-order valence-electron chi connectivity index (χ0n) is 16.3. The van der Waals surface area contributed by atoms with Crippen LogP contribution in [0.3, 0.4) is 0 Å². The van der Waals surface area contributed by atoms with E-state index in [2.05, 4.69) is 16.9 Å². The molecule has 0 aliphatic rings. The summed E-state index contributed by atoms with van der Waals surface area (Å²) in [6.45, 7) is 2.25. The zero-order valence-corrected chi connectivity index (χ0v) is 17.9. The zero-order chi connectivity index (χ0) is 18.5. The van der Waals surface area contributed by atoms with Gasteiger partial charge in [-0.25, -0.2) is 14.9 Å². The Kier molecular flexibility index (Phi) is 12.5. The van der Waals surface area contributed by atoms with Gasteiger partial charge in [0, 0.05) is 38.3 Å². The van der Waals surface area contributed by atoms with Crippen molar-refractivity contribution < 1.29 is 24.3 Å². The number of amides is 1. The molecule has 0 saturated heterocycles. The Bertz CT molecular complexity index is 582. The summed E-state index contributed by atoms with van der Waals surface area (Å²) < 4.78 is 0. The van der Waals surface area contributed by atoms with Crippen molar-refractivity contribution in [1.29, 1.82) is 0 Å². The Morgan fingerprint density at radius 3 is 1.70 bits per heavy atom. The first-order valence-electron chi connectivity index (χ1n) is 9.98. The normalized spacial score (nSPS) is 10.3. The maximum atomic E-state index is 12.8. The summed E-state index contributed by atoms with van der Waals surface area (Å²) in [7, 11) is 0. The van der Waals surface area contributed by atoms with Crippen molar-refractivity contribution in [1.82, 2.24) is 9.97 Å². The van der Waals surface area contributed by atoms with E-state index in [0.717, 1.165) is 12.8 Å². The van der Waals surface area contributed by atoms with Crippen LogP contribution in [0.4, 0.5) is 11.6 Å². The molecule has 149 valence electrons. The van der Waals surface area contributed by atoms with E-state index >= 15 is 0 Å². The largest absolute Gasteiger partial charge is 0.274 e. The third kappa shape index (κ3) is 8.75. The molecule has 0 spiro atoms. The number of hydrogen-bond donors (Lipinski definition) is 0. The number of rotatable bonds is 12. The molecule has 27 heavy (non-hydrogen) atoms. The van der Waals surface area contributed by atoms with Crippen LogP contribution in [0, 0.1) is 0 Å². The molecule has 1 amide bonds. The number of unbranched alkanes of at least 4 members (excludes halogenated alkanes) is 8. The van der Waals surface area contributed by atoms with Crippen LogP contribution in [-0.2, 0) is 24.3 Å². The summed E-state index contributed by atoms with van der Waals surface area (Å²) >= 11 is 0. The van der Waals surface area contributed by atoms with Gasteiger partial charge < -0.3 is 0 Å². The Morgan fingerprint density at radius 1 is 0.778 bits per heavy atom. The predicted octanol–water partition coefficient (Wildman–Crippen LogP) is 6.06. The smallest absolute Gasteiger partial charge is 0.233 e. The molecule has 4 nitrogen and oxygen atoms in total. The molecule has 0 aliphatic carbocycles. The summed E-state index contributed by atoms with van der Waals surface area (Å²) in [5.41, 5.74) is 0. The van der Waals surface area contributed by atoms with Gasteiger partial charge in [-0.1, -0.05) is 70.4 Å². The van der Waals surface area contributed by atoms with Crippen molar-refractivity contribution in [3.05, 3.63) is 48.8 Å². The van der Waals surface area contributed by atoms with Crippen molar-refractivity contribution in [2.75, 3.05) is 4.90 Å². The summed E-state index contributed by atoms with van der Waals surface area (Å²) in [5, 5.41) is 0. The third-order valence-electron chi connectivity index (χ3n) is 4.50. The van der Waals surface area contributed by atoms with Crippen LogP contribution in [0.25, 0.3) is 0 Å². The molecule has 2 heterocycles. The Morgan fingerprint density at radius 2 is 1.26 bits per heavy atom. The van der Waals surface area contributed by atoms with Crippen LogP contribution in [0.15, 0.2) is 48.8 Å². The van der Waals surface area contributed by atoms with Crippen molar-refractivity contribution in [2.24, 2.45) is 0 Å². The maximum Gasteiger partial charge on any atom is 0.233 e. The van der Waals surface area contributed by atoms with Crippen molar-refractivity contribution in [3.63, 3.8) is 0 Å². The first-order valence-corrected chi connectivity index (χ1v) is 9.98. The summed E-state index contributed by atoms with van der Waals surface area (Å²) in [5.74, 6) is 1.32. The van der Waals surface area contributed by atoms with Gasteiger partial charge >= 0.3 is 0 Å². The minimum absolute atomic E-state index is 0. The number of anilines is 2. The monoisotopic (exact) mass is 456 g/mol. The van der Waals surface area contributed by atoms with Crippen molar-refractivity contribution in [2.45, 2.75) is 71.1 Å². The predicted molar refractivity (Wildman–Crippen MR) is 107 cm³/mol. The second-order valence-electron chi connectivity index (χ2n) is 6.68. The number of hydrogen-bond acceptors (Lipinski definition) is 3. The number of carbonyl (C=O) groups excluding carboxylic acids is 1. The molecule has 2 aromatic heterocycles. The van der Waals surface area contributed by atoms with Crippen molar-refractivity contribution >= 4 is 17.5 Å². The van der Waals surface area contributed by atoms with Gasteiger partial charge in [-0.2, -0.15) is 0 Å². The standard InChI is InChI=1S/C22H31N3O.Rh/c1-2-3-4-5-6-7-8-9-10-17-22(26)25(20-15-11-13-18-23-20)21-16-12-14-19-24-21;/h11-16,18-19H,2-10,17H2,1H3;. The number of carbonyl (C=O) groups is 1. The molecule has 0 saturated carbocycles. The topological polar surface area (TPSA) is 46.1 Å². The van der Waals surface area contributed by atoms with Gasteiger partial charge in [-0.15, -0.1) is 0 Å². The molecule has 2 aromatic rings. The minimum Gasteiger partial charge on any atom is -0.274 e. The quantitative estimate of drug-likeness (QED) is 0.288. The number of aromatic nitrogens is 2. The molecular formula is C22H31N3ORh. The summed E-state index contributed by atoms with van der Waals surface area (Å²) in [4.78, 5) is 23.1. The van der Waals surface area contributed by atoms with E-state index in [-0.39, 0.29) is 25.4 Å². The van der Waals surface area contributed by atoms with E-state index < -0.39 is 0 Å². The molecule has 0 fully saturated rings. The second kappa shape index (κ2) is 14.5. The molecule has 5 heteroatoms. The van der Waals surface area contributed by atoms with Crippen LogP contribution in [0.2, 0.25) is 0 Å². The van der Waals surface area contributed by atoms with Gasteiger partial charge in [0.25, 0.3) is 0 Å². The van der Waals surface area contributed by atoms with Gasteiger partial charge in [0.2, 0.25) is 5.91 Å². The van der Waals surface area contributed by atoms with E-state index in [4.69, 9.17) is 0 Å². The second-order valence-corrected chi connectivity index (χ2v) is 6.68. The number of pyridine rings is 2. The van der Waals surface area contributed by atoms with Gasteiger partial charge in [-0.05, 0) is 30.7 Å². The average Bonchev–Trinajstić information content (AvgIpc) is 2.68. The molecule has 0 bridgehead atoms. The average molecular weight is 456 g/mol. The van der Waals surface area contributed by atoms with Crippen molar-refractivity contribution in [3.8, 4) is 0 Å². The van der Waals surface area contributed by atoms with Gasteiger partial charge in [0.05, 0.1) is 0 Å². The van der Waals surface area contributed by atoms with Gasteiger partial charge in [0.15, 0.2) is 0 Å². The minimum atomic E-state index is 0. The fraction of sp³-hybridized carbons (Fsp3) is 0.500. The van der Waals surface area contributed by atoms with Crippen LogP contribution in [0.5, 0.6) is 0 Å². The summed E-state index contributed by atoms with van der Waals surface area (Å²) in [6.07, 6.45) is 15.1. The van der Waals surface area contributed by atoms with E-state index in [1.807, 2.05) is 36.4 Å². The van der Waals surface area contributed by atoms with Crippen LogP contribution >= 0.6 is 0 Å². The molecule has 0 aliphatic heterocycles. The number of nitrogens with zero attached hydrogens (tertiary/aromatic N) is 3. The molecule has 0 atom stereocenters. The molecule has 1 radical (unpaired) electrons. The molecule has 0 unspecified atom stereocenters. The molecule has 2 rings (SSSR count). The Hall–Kier alpha value is -1.61. The Balaban J connectivity index is 0.00000364. The fourth-order valence-corrected chi connectivity index (χ4v) is 3.04. The molecule has 0 N–H and O–H groups in total. The Labute approximate surface area is 176 Å². The molecular weight excluding hydrogens is 425 g/mol. The van der Waals surface area contributed by atoms with Crippen LogP contribution in [-0.4, -0.2) is 15.9 Å². The van der Waals surface area contributed by atoms with E-state index in [9.17, 15) is 4.79 Å². The maximum absolute atomic E-state index is 12.8. The van der Waals surface area contributed by atoms with E-state index in [1.165, 1.54) is 44.9 Å². The van der Waals surface area contributed by atoms with Gasteiger partial charge in [0.1, 0.15) is 11.6 Å². The van der Waals surface area contributed by atoms with Crippen LogP contribution in [0.1, 0.15) is 71.1 Å².